The largest absolute Gasteiger partial charge is 0.370 e. The van der Waals surface area contributed by atoms with Crippen molar-refractivity contribution in [1.29, 1.82) is 5.41 Å². The lowest BCUT2D eigenvalue weighted by Crippen LogP contribution is -2.51. The fourth-order valence-electron chi connectivity index (χ4n) is 1.50. The van der Waals surface area contributed by atoms with Gasteiger partial charge in [-0.1, -0.05) is 0 Å². The minimum absolute atomic E-state index is 0.333. The molecule has 1 fully saturated rings. The molecule has 80 valence electrons. The Bertz CT molecular complexity index is 220. The molecule has 14 heavy (non-hydrogen) atoms. The van der Waals surface area contributed by atoms with Crippen LogP contribution in [-0.2, 0) is 0 Å². The van der Waals surface area contributed by atoms with Gasteiger partial charge in [0.2, 0.25) is 0 Å². The molecule has 0 saturated carbocycles. The van der Waals surface area contributed by atoms with E-state index in [2.05, 4.69) is 33.5 Å². The van der Waals surface area contributed by atoms with Crippen LogP contribution < -0.4 is 22.4 Å². The first kappa shape index (κ1) is 10.8. The third kappa shape index (κ3) is 3.63. The van der Waals surface area contributed by atoms with Crippen LogP contribution in [0.15, 0.2) is 11.8 Å². The van der Waals surface area contributed by atoms with Crippen LogP contribution in [0, 0.1) is 5.41 Å². The molecule has 0 aromatic carbocycles. The predicted octanol–water partition coefficient (Wildman–Crippen LogP) is -0.782. The van der Waals surface area contributed by atoms with Gasteiger partial charge in [0.1, 0.15) is 0 Å². The van der Waals surface area contributed by atoms with E-state index in [4.69, 9.17) is 5.41 Å². The van der Waals surface area contributed by atoms with Crippen LogP contribution in [0.25, 0.3) is 0 Å². The number of piperidine rings is 1. The van der Waals surface area contributed by atoms with Crippen molar-refractivity contribution >= 4 is 5.96 Å². The Kier molecular flexibility index (Phi) is 4.21. The molecule has 0 atom stereocenters. The quantitative estimate of drug-likeness (QED) is 0.259. The number of allylic oxidation sites excluding steroid dienone is 1. The predicted molar refractivity (Wildman–Crippen MR) is 55.9 cm³/mol. The SMILES string of the molecule is C1=C2CCCCN2NNC1.N=C(N)N. The Morgan fingerprint density at radius 1 is 1.43 bits per heavy atom. The molecule has 7 N–H and O–H groups in total. The number of nitrogens with two attached hydrogens (primary N) is 2. The van der Waals surface area contributed by atoms with Crippen LogP contribution in [0.3, 0.4) is 0 Å². The number of hydrazine groups is 2. The molecule has 0 aromatic rings. The molecule has 2 aliphatic heterocycles. The van der Waals surface area contributed by atoms with E-state index in [0.717, 1.165) is 13.1 Å². The summed E-state index contributed by atoms with van der Waals surface area (Å²) >= 11 is 0. The Labute approximate surface area is 83.8 Å². The molecule has 0 radical (unpaired) electrons. The molecule has 1 saturated heterocycles. The van der Waals surface area contributed by atoms with Crippen LogP contribution in [0.4, 0.5) is 0 Å². The first-order chi connectivity index (χ1) is 6.70. The molecule has 0 aliphatic carbocycles. The highest BCUT2D eigenvalue weighted by Crippen LogP contribution is 2.18. The first-order valence-corrected chi connectivity index (χ1v) is 4.74. The zero-order valence-electron chi connectivity index (χ0n) is 8.21. The summed E-state index contributed by atoms with van der Waals surface area (Å²) in [5, 5.41) is 8.26. The number of guanidine groups is 1. The maximum atomic E-state index is 6.06. The molecule has 2 aliphatic rings. The van der Waals surface area contributed by atoms with Crippen LogP contribution in [0.2, 0.25) is 0 Å². The molecule has 6 heteroatoms. The molecule has 6 nitrogen and oxygen atoms in total. The second kappa shape index (κ2) is 5.46. The number of hydrogen-bond donors (Lipinski definition) is 5. The fraction of sp³-hybridized carbons (Fsp3) is 0.625. The van der Waals surface area contributed by atoms with E-state index in [0.29, 0.717) is 0 Å². The van der Waals surface area contributed by atoms with Gasteiger partial charge in [-0.2, -0.15) is 5.53 Å². The lowest BCUT2D eigenvalue weighted by molar-refractivity contribution is 0.162. The summed E-state index contributed by atoms with van der Waals surface area (Å²) in [6.45, 7) is 2.12. The Morgan fingerprint density at radius 2 is 2.14 bits per heavy atom. The zero-order valence-corrected chi connectivity index (χ0v) is 8.21. The van der Waals surface area contributed by atoms with Gasteiger partial charge in [-0.3, -0.25) is 10.4 Å². The monoisotopic (exact) mass is 198 g/mol. The summed E-state index contributed by atoms with van der Waals surface area (Å²) < 4.78 is 0. The highest BCUT2D eigenvalue weighted by Gasteiger charge is 2.15. The van der Waals surface area contributed by atoms with Crippen molar-refractivity contribution in [3.63, 3.8) is 0 Å². The van der Waals surface area contributed by atoms with Gasteiger partial charge in [0.25, 0.3) is 0 Å². The smallest absolute Gasteiger partial charge is 0.183 e. The van der Waals surface area contributed by atoms with Crippen LogP contribution >= 0.6 is 0 Å². The molecule has 0 spiro atoms. The molecular formula is C8H18N6. The van der Waals surface area contributed by atoms with Crippen molar-refractivity contribution in [3.05, 3.63) is 11.8 Å². The summed E-state index contributed by atoms with van der Waals surface area (Å²) in [6.07, 6.45) is 6.17. The van der Waals surface area contributed by atoms with Crippen molar-refractivity contribution in [1.82, 2.24) is 16.0 Å². The first-order valence-electron chi connectivity index (χ1n) is 4.74. The van der Waals surface area contributed by atoms with Gasteiger partial charge in [0, 0.05) is 18.8 Å². The van der Waals surface area contributed by atoms with Crippen LogP contribution in [-0.4, -0.2) is 24.1 Å². The minimum atomic E-state index is -0.333. The number of hydrogen-bond acceptors (Lipinski definition) is 4. The van der Waals surface area contributed by atoms with Gasteiger partial charge in [-0.25, -0.2) is 5.43 Å². The zero-order chi connectivity index (χ0) is 10.4. The Balaban J connectivity index is 0.000000213. The lowest BCUT2D eigenvalue weighted by Gasteiger charge is -2.34. The lowest BCUT2D eigenvalue weighted by atomic mass is 10.1. The number of nitrogens with one attached hydrogen (secondary N) is 3. The molecule has 0 amide bonds. The molecule has 2 rings (SSSR count). The molecule has 0 unspecified atom stereocenters. The van der Waals surface area contributed by atoms with E-state index < -0.39 is 0 Å². The standard InChI is InChI=1S/C7H13N3.CH5N3/c1-2-6-10-7(3-1)4-5-8-9-10;2-1(3)4/h4,8-9H,1-3,5-6H2;(H5,2,3,4). The summed E-state index contributed by atoms with van der Waals surface area (Å²) in [4.78, 5) is 0. The van der Waals surface area contributed by atoms with E-state index in [-0.39, 0.29) is 5.96 Å². The van der Waals surface area contributed by atoms with E-state index in [9.17, 15) is 0 Å². The topological polar surface area (TPSA) is 103 Å². The summed E-state index contributed by atoms with van der Waals surface area (Å²) in [5.41, 5.74) is 16.6. The average Bonchev–Trinajstić information content (AvgIpc) is 2.17. The summed E-state index contributed by atoms with van der Waals surface area (Å²) in [7, 11) is 0. The van der Waals surface area contributed by atoms with Crippen molar-refractivity contribution < 1.29 is 0 Å². The number of rotatable bonds is 0. The van der Waals surface area contributed by atoms with Gasteiger partial charge < -0.3 is 11.5 Å². The van der Waals surface area contributed by atoms with Crippen LogP contribution in [0.5, 0.6) is 0 Å². The summed E-state index contributed by atoms with van der Waals surface area (Å²) in [5.74, 6) is -0.333. The molecule has 2 heterocycles. The highest BCUT2D eigenvalue weighted by atomic mass is 15.7. The Morgan fingerprint density at radius 3 is 2.79 bits per heavy atom. The highest BCUT2D eigenvalue weighted by molar-refractivity contribution is 5.71. The third-order valence-corrected chi connectivity index (χ3v) is 2.07. The molecular weight excluding hydrogens is 180 g/mol. The third-order valence-electron chi connectivity index (χ3n) is 2.07. The van der Waals surface area contributed by atoms with Gasteiger partial charge in [-0.15, -0.1) is 0 Å². The van der Waals surface area contributed by atoms with Gasteiger partial charge in [-0.05, 0) is 25.3 Å². The number of fused-ring (bicyclic) bond motifs is 1. The van der Waals surface area contributed by atoms with E-state index in [1.165, 1.54) is 25.0 Å². The second-order valence-corrected chi connectivity index (χ2v) is 3.25. The van der Waals surface area contributed by atoms with Gasteiger partial charge >= 0.3 is 0 Å². The molecule has 0 aromatic heterocycles. The fourth-order valence-corrected chi connectivity index (χ4v) is 1.50. The minimum Gasteiger partial charge on any atom is -0.370 e. The van der Waals surface area contributed by atoms with Crippen molar-refractivity contribution in [2.45, 2.75) is 19.3 Å². The number of nitrogens with zero attached hydrogens (tertiary/aromatic N) is 1. The average molecular weight is 198 g/mol. The Hall–Kier alpha value is -1.27. The second-order valence-electron chi connectivity index (χ2n) is 3.25. The maximum Gasteiger partial charge on any atom is 0.183 e. The van der Waals surface area contributed by atoms with Crippen molar-refractivity contribution in [2.75, 3.05) is 13.1 Å². The van der Waals surface area contributed by atoms with Gasteiger partial charge in [0.15, 0.2) is 5.96 Å². The summed E-state index contributed by atoms with van der Waals surface area (Å²) in [6, 6.07) is 0. The van der Waals surface area contributed by atoms with E-state index >= 15 is 0 Å². The maximum absolute atomic E-state index is 6.06. The van der Waals surface area contributed by atoms with E-state index in [1.54, 1.807) is 0 Å². The van der Waals surface area contributed by atoms with Crippen LogP contribution in [0.1, 0.15) is 19.3 Å². The van der Waals surface area contributed by atoms with Crippen molar-refractivity contribution in [3.8, 4) is 0 Å². The molecule has 0 bridgehead atoms. The van der Waals surface area contributed by atoms with Gasteiger partial charge in [0.05, 0.1) is 0 Å². The normalized spacial score (nSPS) is 20.0. The van der Waals surface area contributed by atoms with E-state index in [1.807, 2.05) is 0 Å². The van der Waals surface area contributed by atoms with Crippen molar-refractivity contribution in [2.24, 2.45) is 11.5 Å².